The molecule has 0 radical (unpaired) electrons. The number of aryl methyl sites for hydroxylation is 1. The third-order valence-corrected chi connectivity index (χ3v) is 3.08. The molecular weight excluding hydrogens is 242 g/mol. The second-order valence-corrected chi connectivity index (χ2v) is 4.54. The van der Waals surface area contributed by atoms with Gasteiger partial charge in [0.25, 0.3) is 0 Å². The molecular formula is C15H15NO3. The van der Waals surface area contributed by atoms with Crippen LogP contribution in [0.4, 0.5) is 0 Å². The van der Waals surface area contributed by atoms with Crippen molar-refractivity contribution in [2.45, 2.75) is 32.6 Å². The summed E-state index contributed by atoms with van der Waals surface area (Å²) in [5.41, 5.74) is 0.503. The quantitative estimate of drug-likeness (QED) is 0.674. The van der Waals surface area contributed by atoms with Crippen molar-refractivity contribution in [3.8, 4) is 11.8 Å². The Morgan fingerprint density at radius 3 is 2.79 bits per heavy atom. The molecule has 4 nitrogen and oxygen atoms in total. The molecule has 0 bridgehead atoms. The molecule has 0 saturated heterocycles. The molecule has 1 aromatic heterocycles. The minimum Gasteiger partial charge on any atom is -0.507 e. The molecule has 98 valence electrons. The highest BCUT2D eigenvalue weighted by Crippen LogP contribution is 2.27. The Bertz CT molecular complexity index is 695. The topological polar surface area (TPSA) is 74.2 Å². The lowest BCUT2D eigenvalue weighted by molar-refractivity contribution is 0.477. The number of phenols is 1. The van der Waals surface area contributed by atoms with E-state index in [1.165, 1.54) is 6.07 Å². The molecule has 1 aromatic carbocycles. The number of unbranched alkanes of at least 4 members (excludes halogenated alkanes) is 2. The van der Waals surface area contributed by atoms with Crippen LogP contribution in [0.15, 0.2) is 27.4 Å². The summed E-state index contributed by atoms with van der Waals surface area (Å²) in [4.78, 5) is 11.5. The summed E-state index contributed by atoms with van der Waals surface area (Å²) in [6.45, 7) is 2.13. The number of aromatic hydroxyl groups is 1. The summed E-state index contributed by atoms with van der Waals surface area (Å²) >= 11 is 0. The van der Waals surface area contributed by atoms with Crippen LogP contribution in [0.25, 0.3) is 11.0 Å². The second-order valence-electron chi connectivity index (χ2n) is 4.54. The van der Waals surface area contributed by atoms with Gasteiger partial charge in [0.2, 0.25) is 0 Å². The molecule has 1 N–H and O–H groups in total. The van der Waals surface area contributed by atoms with Crippen molar-refractivity contribution in [2.24, 2.45) is 0 Å². The Balaban J connectivity index is 2.46. The molecule has 2 rings (SSSR count). The molecule has 0 saturated carbocycles. The van der Waals surface area contributed by atoms with E-state index in [1.54, 1.807) is 18.2 Å². The van der Waals surface area contributed by atoms with Gasteiger partial charge in [0.15, 0.2) is 0 Å². The van der Waals surface area contributed by atoms with Gasteiger partial charge < -0.3 is 9.52 Å². The summed E-state index contributed by atoms with van der Waals surface area (Å²) in [5.74, 6) is 0.0456. The van der Waals surface area contributed by atoms with Crippen molar-refractivity contribution in [3.05, 3.63) is 39.7 Å². The van der Waals surface area contributed by atoms with Crippen LogP contribution in [-0.4, -0.2) is 5.11 Å². The van der Waals surface area contributed by atoms with Crippen LogP contribution in [0.2, 0.25) is 0 Å². The monoisotopic (exact) mass is 257 g/mol. The van der Waals surface area contributed by atoms with Crippen molar-refractivity contribution in [1.82, 2.24) is 0 Å². The number of hydrogen-bond acceptors (Lipinski definition) is 4. The lowest BCUT2D eigenvalue weighted by atomic mass is 10.0. The van der Waals surface area contributed by atoms with E-state index >= 15 is 0 Å². The molecule has 0 fully saturated rings. The Kier molecular flexibility index (Phi) is 3.86. The Hall–Kier alpha value is -2.28. The fraction of sp³-hybridized carbons (Fsp3) is 0.333. The third-order valence-electron chi connectivity index (χ3n) is 3.08. The van der Waals surface area contributed by atoms with Gasteiger partial charge in [0.05, 0.1) is 5.39 Å². The maximum absolute atomic E-state index is 11.5. The highest BCUT2D eigenvalue weighted by Gasteiger charge is 2.09. The zero-order valence-electron chi connectivity index (χ0n) is 10.8. The first-order valence-electron chi connectivity index (χ1n) is 6.35. The van der Waals surface area contributed by atoms with Crippen molar-refractivity contribution < 1.29 is 9.52 Å². The number of phenolic OH excluding ortho intramolecular Hbond substituents is 1. The van der Waals surface area contributed by atoms with Crippen LogP contribution in [0.3, 0.4) is 0 Å². The summed E-state index contributed by atoms with van der Waals surface area (Å²) in [7, 11) is 0. The molecule has 0 spiro atoms. The first-order chi connectivity index (χ1) is 9.15. The SMILES string of the molecule is CCCCCc1cc(O)c2cc(C#N)c(=O)oc2c1. The van der Waals surface area contributed by atoms with Gasteiger partial charge in [-0.3, -0.25) is 0 Å². The van der Waals surface area contributed by atoms with Gasteiger partial charge in [-0.15, -0.1) is 0 Å². The zero-order valence-corrected chi connectivity index (χ0v) is 10.8. The van der Waals surface area contributed by atoms with Gasteiger partial charge in [-0.1, -0.05) is 19.8 Å². The molecule has 0 atom stereocenters. The van der Waals surface area contributed by atoms with Crippen molar-refractivity contribution in [2.75, 3.05) is 0 Å². The number of hydrogen-bond donors (Lipinski definition) is 1. The zero-order chi connectivity index (χ0) is 13.8. The summed E-state index contributed by atoms with van der Waals surface area (Å²) < 4.78 is 5.07. The fourth-order valence-electron chi connectivity index (χ4n) is 2.06. The van der Waals surface area contributed by atoms with Crippen LogP contribution in [0.5, 0.6) is 5.75 Å². The molecule has 0 amide bonds. The molecule has 1 heterocycles. The van der Waals surface area contributed by atoms with E-state index in [0.29, 0.717) is 11.0 Å². The van der Waals surface area contributed by atoms with Gasteiger partial charge in [0.1, 0.15) is 23.0 Å². The number of nitrogens with zero attached hydrogens (tertiary/aromatic N) is 1. The van der Waals surface area contributed by atoms with Gasteiger partial charge in [-0.05, 0) is 36.6 Å². The van der Waals surface area contributed by atoms with Crippen molar-refractivity contribution >= 4 is 11.0 Å². The molecule has 0 aliphatic rings. The molecule has 0 aliphatic heterocycles. The fourth-order valence-corrected chi connectivity index (χ4v) is 2.06. The van der Waals surface area contributed by atoms with Crippen LogP contribution in [0.1, 0.15) is 37.3 Å². The lowest BCUT2D eigenvalue weighted by Gasteiger charge is -2.05. The number of nitriles is 1. The Morgan fingerprint density at radius 1 is 1.32 bits per heavy atom. The highest BCUT2D eigenvalue weighted by atomic mass is 16.4. The Morgan fingerprint density at radius 2 is 2.11 bits per heavy atom. The van der Waals surface area contributed by atoms with Crippen LogP contribution >= 0.6 is 0 Å². The van der Waals surface area contributed by atoms with Gasteiger partial charge in [-0.25, -0.2) is 4.79 Å². The molecule has 0 aliphatic carbocycles. The van der Waals surface area contributed by atoms with E-state index in [9.17, 15) is 9.90 Å². The smallest absolute Gasteiger partial charge is 0.354 e. The highest BCUT2D eigenvalue weighted by molar-refractivity contribution is 5.84. The van der Waals surface area contributed by atoms with Crippen molar-refractivity contribution in [1.29, 1.82) is 5.26 Å². The molecule has 19 heavy (non-hydrogen) atoms. The standard InChI is InChI=1S/C15H15NO3/c1-2-3-4-5-10-6-13(17)12-8-11(9-16)15(18)19-14(12)7-10/h6-8,17H,2-5H2,1H3. The first kappa shape index (κ1) is 13.2. The molecule has 4 heteroatoms. The maximum atomic E-state index is 11.5. The van der Waals surface area contributed by atoms with Crippen LogP contribution < -0.4 is 5.63 Å². The summed E-state index contributed by atoms with van der Waals surface area (Å²) in [6, 6.07) is 6.54. The minimum absolute atomic E-state index is 0.0456. The second kappa shape index (κ2) is 5.57. The minimum atomic E-state index is -0.667. The van der Waals surface area contributed by atoms with E-state index in [0.717, 1.165) is 31.2 Å². The van der Waals surface area contributed by atoms with E-state index in [4.69, 9.17) is 9.68 Å². The molecule has 2 aromatic rings. The van der Waals surface area contributed by atoms with Crippen LogP contribution in [0, 0.1) is 11.3 Å². The maximum Gasteiger partial charge on any atom is 0.354 e. The average molecular weight is 257 g/mol. The number of fused-ring (bicyclic) bond motifs is 1. The van der Waals surface area contributed by atoms with Crippen molar-refractivity contribution in [3.63, 3.8) is 0 Å². The predicted octanol–water partition coefficient (Wildman–Crippen LogP) is 3.10. The van der Waals surface area contributed by atoms with Gasteiger partial charge in [0, 0.05) is 0 Å². The largest absolute Gasteiger partial charge is 0.507 e. The van der Waals surface area contributed by atoms with Gasteiger partial charge >= 0.3 is 5.63 Å². The summed E-state index contributed by atoms with van der Waals surface area (Å²) in [6.07, 6.45) is 4.11. The lowest BCUT2D eigenvalue weighted by Crippen LogP contribution is -2.03. The van der Waals surface area contributed by atoms with E-state index < -0.39 is 5.63 Å². The molecule has 0 unspecified atom stereocenters. The van der Waals surface area contributed by atoms with Crippen LogP contribution in [-0.2, 0) is 6.42 Å². The van der Waals surface area contributed by atoms with Gasteiger partial charge in [-0.2, -0.15) is 5.26 Å². The Labute approximate surface area is 110 Å². The normalized spacial score (nSPS) is 10.5. The van der Waals surface area contributed by atoms with E-state index in [-0.39, 0.29) is 11.3 Å². The average Bonchev–Trinajstić information content (AvgIpc) is 2.38. The number of benzene rings is 1. The summed E-state index contributed by atoms with van der Waals surface area (Å²) in [5, 5.41) is 19.1. The predicted molar refractivity (Wildman–Crippen MR) is 72.1 cm³/mol. The number of rotatable bonds is 4. The van der Waals surface area contributed by atoms with E-state index in [2.05, 4.69) is 6.92 Å². The first-order valence-corrected chi connectivity index (χ1v) is 6.35. The van der Waals surface area contributed by atoms with E-state index in [1.807, 2.05) is 0 Å². The third kappa shape index (κ3) is 2.76.